The van der Waals surface area contributed by atoms with Crippen molar-refractivity contribution in [2.45, 2.75) is 0 Å². The molecule has 0 spiro atoms. The van der Waals surface area contributed by atoms with Crippen molar-refractivity contribution >= 4 is 60.7 Å². The highest BCUT2D eigenvalue weighted by atomic mass is 16.3. The number of anilines is 3. The maximum atomic E-state index is 6.29. The smallest absolute Gasteiger partial charge is 0.137 e. The molecule has 7 aromatic carbocycles. The zero-order valence-corrected chi connectivity index (χ0v) is 25.0. The van der Waals surface area contributed by atoms with Crippen LogP contribution < -0.4 is 4.90 Å². The normalized spacial score (nSPS) is 11.5. The third kappa shape index (κ3) is 4.58. The Morgan fingerprint density at radius 1 is 0.391 bits per heavy atom. The van der Waals surface area contributed by atoms with Crippen LogP contribution in [0.3, 0.4) is 0 Å². The van der Waals surface area contributed by atoms with Gasteiger partial charge in [-0.15, -0.1) is 0 Å². The van der Waals surface area contributed by atoms with Crippen LogP contribution in [-0.2, 0) is 0 Å². The summed E-state index contributed by atoms with van der Waals surface area (Å²) < 4.78 is 6.29. The van der Waals surface area contributed by atoms with Crippen molar-refractivity contribution in [3.8, 4) is 22.3 Å². The molecule has 9 rings (SSSR count). The quantitative estimate of drug-likeness (QED) is 0.200. The minimum absolute atomic E-state index is 0.832. The standard InChI is InChI=1S/C43H28N2O/c1-3-9-32-25-34(15-13-29(32)7-1)31-17-20-37(21-18-31)45(38-22-23-40-39-11-5-6-12-41(39)46-42(40)27-38)43-24-19-36(28-44-43)35-16-14-30-8-2-4-10-33(30)26-35/h1-28H. The molecule has 2 heterocycles. The first-order valence-electron chi connectivity index (χ1n) is 15.5. The van der Waals surface area contributed by atoms with E-state index in [1.807, 2.05) is 18.3 Å². The number of hydrogen-bond donors (Lipinski definition) is 0. The van der Waals surface area contributed by atoms with Crippen molar-refractivity contribution in [3.05, 3.63) is 170 Å². The summed E-state index contributed by atoms with van der Waals surface area (Å²) in [5.41, 5.74) is 8.33. The molecule has 9 aromatic rings. The molecule has 3 nitrogen and oxygen atoms in total. The SMILES string of the molecule is c1ccc2cc(-c3ccc(N(c4ccc5c(c4)oc4ccccc45)c4ccc(-c5ccc6ccccc6c5)cn4)cc3)ccc2c1. The van der Waals surface area contributed by atoms with Crippen LogP contribution in [0.15, 0.2) is 174 Å². The van der Waals surface area contributed by atoms with Gasteiger partial charge in [0.1, 0.15) is 17.0 Å². The van der Waals surface area contributed by atoms with Gasteiger partial charge in [-0.3, -0.25) is 4.90 Å². The van der Waals surface area contributed by atoms with E-state index in [1.54, 1.807) is 0 Å². The first kappa shape index (κ1) is 26.2. The Bertz CT molecular complexity index is 2410. The van der Waals surface area contributed by atoms with Crippen LogP contribution in [0.25, 0.3) is 65.7 Å². The summed E-state index contributed by atoms with van der Waals surface area (Å²) in [7, 11) is 0. The van der Waals surface area contributed by atoms with Crippen LogP contribution in [0.4, 0.5) is 17.2 Å². The molecule has 0 aliphatic rings. The summed E-state index contributed by atoms with van der Waals surface area (Å²) >= 11 is 0. The first-order valence-corrected chi connectivity index (χ1v) is 15.5. The van der Waals surface area contributed by atoms with Crippen LogP contribution in [0.1, 0.15) is 0 Å². The van der Waals surface area contributed by atoms with Gasteiger partial charge in [0.2, 0.25) is 0 Å². The van der Waals surface area contributed by atoms with Gasteiger partial charge >= 0.3 is 0 Å². The molecule has 216 valence electrons. The Morgan fingerprint density at radius 2 is 0.957 bits per heavy atom. The fraction of sp³-hybridized carbons (Fsp3) is 0. The molecular weight excluding hydrogens is 560 g/mol. The second-order valence-corrected chi connectivity index (χ2v) is 11.7. The van der Waals surface area contributed by atoms with E-state index in [4.69, 9.17) is 9.40 Å². The molecule has 2 aromatic heterocycles. The number of benzene rings is 7. The second-order valence-electron chi connectivity index (χ2n) is 11.7. The van der Waals surface area contributed by atoms with Gasteiger partial charge < -0.3 is 4.42 Å². The lowest BCUT2D eigenvalue weighted by molar-refractivity contribution is 0.669. The van der Waals surface area contributed by atoms with Gasteiger partial charge in [0.05, 0.1) is 5.69 Å². The lowest BCUT2D eigenvalue weighted by atomic mass is 10.0. The summed E-state index contributed by atoms with van der Waals surface area (Å²) in [6.45, 7) is 0. The number of nitrogens with zero attached hydrogens (tertiary/aromatic N) is 2. The lowest BCUT2D eigenvalue weighted by Crippen LogP contribution is -2.11. The van der Waals surface area contributed by atoms with E-state index in [2.05, 4.69) is 157 Å². The van der Waals surface area contributed by atoms with Gasteiger partial charge in [0.15, 0.2) is 0 Å². The maximum absolute atomic E-state index is 6.29. The highest BCUT2D eigenvalue weighted by Gasteiger charge is 2.17. The van der Waals surface area contributed by atoms with E-state index in [0.29, 0.717) is 0 Å². The molecule has 0 bridgehead atoms. The van der Waals surface area contributed by atoms with Crippen LogP contribution in [0.5, 0.6) is 0 Å². The van der Waals surface area contributed by atoms with Crippen LogP contribution in [-0.4, -0.2) is 4.98 Å². The fourth-order valence-electron chi connectivity index (χ4n) is 6.50. The molecular formula is C43H28N2O. The molecule has 0 saturated heterocycles. The topological polar surface area (TPSA) is 29.3 Å². The van der Waals surface area contributed by atoms with Crippen LogP contribution in [0, 0.1) is 0 Å². The molecule has 0 amide bonds. The number of hydrogen-bond acceptors (Lipinski definition) is 3. The number of furan rings is 1. The molecule has 0 saturated carbocycles. The minimum Gasteiger partial charge on any atom is -0.456 e. The van der Waals surface area contributed by atoms with Crippen molar-refractivity contribution in [2.24, 2.45) is 0 Å². The van der Waals surface area contributed by atoms with Crippen molar-refractivity contribution in [3.63, 3.8) is 0 Å². The molecule has 0 radical (unpaired) electrons. The molecule has 3 heteroatoms. The average molecular weight is 589 g/mol. The van der Waals surface area contributed by atoms with Crippen molar-refractivity contribution in [1.82, 2.24) is 4.98 Å². The van der Waals surface area contributed by atoms with Gasteiger partial charge in [-0.25, -0.2) is 4.98 Å². The van der Waals surface area contributed by atoms with Gasteiger partial charge in [-0.1, -0.05) is 103 Å². The van der Waals surface area contributed by atoms with Crippen molar-refractivity contribution in [2.75, 3.05) is 4.90 Å². The summed E-state index contributed by atoms with van der Waals surface area (Å²) in [6.07, 6.45) is 1.97. The Morgan fingerprint density at radius 3 is 1.65 bits per heavy atom. The zero-order valence-electron chi connectivity index (χ0n) is 25.0. The minimum atomic E-state index is 0.832. The Hall–Kier alpha value is -6.19. The summed E-state index contributed by atoms with van der Waals surface area (Å²) in [5, 5.41) is 7.15. The highest BCUT2D eigenvalue weighted by molar-refractivity contribution is 6.06. The number of pyridine rings is 1. The van der Waals surface area contributed by atoms with E-state index in [1.165, 1.54) is 32.7 Å². The molecule has 0 atom stereocenters. The number of fused-ring (bicyclic) bond motifs is 5. The third-order valence-corrected chi connectivity index (χ3v) is 8.89. The number of para-hydroxylation sites is 1. The summed E-state index contributed by atoms with van der Waals surface area (Å²) in [6, 6.07) is 57.7. The molecule has 0 N–H and O–H groups in total. The largest absolute Gasteiger partial charge is 0.456 e. The van der Waals surface area contributed by atoms with E-state index >= 15 is 0 Å². The van der Waals surface area contributed by atoms with Crippen LogP contribution in [0.2, 0.25) is 0 Å². The van der Waals surface area contributed by atoms with Crippen molar-refractivity contribution in [1.29, 1.82) is 0 Å². The summed E-state index contributed by atoms with van der Waals surface area (Å²) in [5.74, 6) is 0.832. The fourth-order valence-corrected chi connectivity index (χ4v) is 6.50. The molecule has 46 heavy (non-hydrogen) atoms. The predicted molar refractivity (Wildman–Crippen MR) is 192 cm³/mol. The van der Waals surface area contributed by atoms with E-state index in [9.17, 15) is 0 Å². The Labute approximate surface area is 266 Å². The predicted octanol–water partition coefficient (Wildman–Crippen LogP) is 12.1. The first-order chi connectivity index (χ1) is 22.8. The molecule has 0 aliphatic heterocycles. The van der Waals surface area contributed by atoms with Gasteiger partial charge in [0.25, 0.3) is 0 Å². The lowest BCUT2D eigenvalue weighted by Gasteiger charge is -2.24. The molecule has 0 aliphatic carbocycles. The second kappa shape index (κ2) is 10.8. The van der Waals surface area contributed by atoms with Gasteiger partial charge in [-0.2, -0.15) is 0 Å². The van der Waals surface area contributed by atoms with Gasteiger partial charge in [0, 0.05) is 34.3 Å². The summed E-state index contributed by atoms with van der Waals surface area (Å²) in [4.78, 5) is 7.22. The Balaban J connectivity index is 1.13. The van der Waals surface area contributed by atoms with Gasteiger partial charge in [-0.05, 0) is 92.8 Å². The maximum Gasteiger partial charge on any atom is 0.137 e. The number of rotatable bonds is 5. The zero-order chi connectivity index (χ0) is 30.5. The van der Waals surface area contributed by atoms with Crippen LogP contribution >= 0.6 is 0 Å². The average Bonchev–Trinajstić information content (AvgIpc) is 3.50. The third-order valence-electron chi connectivity index (χ3n) is 8.89. The van der Waals surface area contributed by atoms with E-state index in [-0.39, 0.29) is 0 Å². The monoisotopic (exact) mass is 588 g/mol. The van der Waals surface area contributed by atoms with Crippen molar-refractivity contribution < 1.29 is 4.42 Å². The highest BCUT2D eigenvalue weighted by Crippen LogP contribution is 2.39. The molecule has 0 unspecified atom stereocenters. The Kier molecular flexibility index (Phi) is 6.14. The van der Waals surface area contributed by atoms with E-state index < -0.39 is 0 Å². The molecule has 0 fully saturated rings. The van der Waals surface area contributed by atoms with E-state index in [0.717, 1.165) is 50.3 Å². The number of aromatic nitrogens is 1.